The smallest absolute Gasteiger partial charge is 0.122 e. The van der Waals surface area contributed by atoms with E-state index in [0.717, 1.165) is 31.9 Å². The number of nitrogens with one attached hydrogen (secondary N) is 1. The second kappa shape index (κ2) is 8.14. The van der Waals surface area contributed by atoms with E-state index >= 15 is 0 Å². The lowest BCUT2D eigenvalue weighted by molar-refractivity contribution is 0.0633. The molecule has 2 unspecified atom stereocenters. The fourth-order valence-electron chi connectivity index (χ4n) is 3.97. The van der Waals surface area contributed by atoms with Crippen LogP contribution in [0.2, 0.25) is 0 Å². The normalized spacial score (nSPS) is 26.7. The van der Waals surface area contributed by atoms with Crippen LogP contribution in [0.5, 0.6) is 0 Å². The number of nitrogens with zero attached hydrogens (tertiary/aromatic N) is 2. The van der Waals surface area contributed by atoms with Crippen molar-refractivity contribution in [3.05, 3.63) is 24.2 Å². The Kier molecular flexibility index (Phi) is 5.93. The summed E-state index contributed by atoms with van der Waals surface area (Å²) >= 11 is 0. The number of likely N-dealkylation sites (tertiary alicyclic amines) is 1. The van der Waals surface area contributed by atoms with Gasteiger partial charge in [-0.1, -0.05) is 19.8 Å². The topological polar surface area (TPSA) is 31.6 Å². The van der Waals surface area contributed by atoms with E-state index in [0.29, 0.717) is 12.1 Å². The van der Waals surface area contributed by atoms with Crippen LogP contribution in [0.4, 0.5) is 0 Å². The van der Waals surface area contributed by atoms with E-state index in [9.17, 15) is 0 Å². The molecule has 124 valence electrons. The van der Waals surface area contributed by atoms with Crippen molar-refractivity contribution in [2.24, 2.45) is 0 Å². The molecular weight excluding hydrogens is 274 g/mol. The highest BCUT2D eigenvalue weighted by Gasteiger charge is 2.31. The summed E-state index contributed by atoms with van der Waals surface area (Å²) in [6.07, 6.45) is 8.52. The lowest BCUT2D eigenvalue weighted by atomic mass is 10.0. The molecule has 3 rings (SSSR count). The van der Waals surface area contributed by atoms with E-state index in [1.165, 1.54) is 45.2 Å². The summed E-state index contributed by atoms with van der Waals surface area (Å²) in [5, 5.41) is 3.54. The molecule has 0 saturated carbocycles. The van der Waals surface area contributed by atoms with Gasteiger partial charge < -0.3 is 14.6 Å². The van der Waals surface area contributed by atoms with Gasteiger partial charge in [0.1, 0.15) is 5.76 Å². The van der Waals surface area contributed by atoms with Crippen LogP contribution >= 0.6 is 0 Å². The van der Waals surface area contributed by atoms with Crippen LogP contribution in [0, 0.1) is 0 Å². The molecule has 0 amide bonds. The minimum absolute atomic E-state index is 0.403. The molecule has 0 aliphatic carbocycles. The van der Waals surface area contributed by atoms with Crippen LogP contribution < -0.4 is 5.32 Å². The minimum Gasteiger partial charge on any atom is -0.468 e. The number of hydrogen-bond acceptors (Lipinski definition) is 4. The van der Waals surface area contributed by atoms with E-state index in [1.807, 2.05) is 12.3 Å². The molecule has 2 saturated heterocycles. The highest BCUT2D eigenvalue weighted by Crippen LogP contribution is 2.27. The van der Waals surface area contributed by atoms with Gasteiger partial charge in [0.2, 0.25) is 0 Å². The van der Waals surface area contributed by atoms with E-state index in [2.05, 4.69) is 28.1 Å². The maximum Gasteiger partial charge on any atom is 0.122 e. The highest BCUT2D eigenvalue weighted by atomic mass is 16.3. The van der Waals surface area contributed by atoms with Gasteiger partial charge in [-0.05, 0) is 44.5 Å². The Labute approximate surface area is 134 Å². The predicted molar refractivity (Wildman–Crippen MR) is 90.0 cm³/mol. The first-order valence-corrected chi connectivity index (χ1v) is 9.10. The van der Waals surface area contributed by atoms with Gasteiger partial charge in [-0.3, -0.25) is 4.90 Å². The summed E-state index contributed by atoms with van der Waals surface area (Å²) in [6.45, 7) is 9.24. The first kappa shape index (κ1) is 16.0. The van der Waals surface area contributed by atoms with E-state index in [-0.39, 0.29) is 0 Å². The van der Waals surface area contributed by atoms with E-state index < -0.39 is 0 Å². The van der Waals surface area contributed by atoms with Crippen molar-refractivity contribution in [3.8, 4) is 0 Å². The molecule has 1 aromatic rings. The number of hydrogen-bond donors (Lipinski definition) is 1. The molecule has 4 heteroatoms. The fraction of sp³-hybridized carbons (Fsp3) is 0.778. The third-order valence-electron chi connectivity index (χ3n) is 5.27. The molecule has 2 aliphatic rings. The van der Waals surface area contributed by atoms with Crippen molar-refractivity contribution < 1.29 is 4.42 Å². The van der Waals surface area contributed by atoms with E-state index in [4.69, 9.17) is 4.42 Å². The molecule has 1 N–H and O–H groups in total. The average Bonchev–Trinajstić information content (AvgIpc) is 2.97. The zero-order chi connectivity index (χ0) is 15.2. The standard InChI is InChI=1S/C18H31N3O/c1-2-16-14-19-9-12-21(16)17(18-8-7-13-22-18)15-20-10-5-3-4-6-11-20/h7-8,13,16-17,19H,2-6,9-12,14-15H2,1H3. The lowest BCUT2D eigenvalue weighted by Crippen LogP contribution is -2.54. The van der Waals surface area contributed by atoms with Crippen LogP contribution in [0.1, 0.15) is 50.8 Å². The number of furan rings is 1. The van der Waals surface area contributed by atoms with Gasteiger partial charge >= 0.3 is 0 Å². The van der Waals surface area contributed by atoms with Crippen LogP contribution in [0.25, 0.3) is 0 Å². The molecule has 0 aromatic carbocycles. The summed E-state index contributed by atoms with van der Waals surface area (Å²) in [5.41, 5.74) is 0. The van der Waals surface area contributed by atoms with Crippen molar-refractivity contribution >= 4 is 0 Å². The van der Waals surface area contributed by atoms with Gasteiger partial charge in [0.25, 0.3) is 0 Å². The Morgan fingerprint density at radius 2 is 2.05 bits per heavy atom. The van der Waals surface area contributed by atoms with E-state index in [1.54, 1.807) is 0 Å². The monoisotopic (exact) mass is 305 g/mol. The third kappa shape index (κ3) is 3.92. The predicted octanol–water partition coefficient (Wildman–Crippen LogP) is 2.88. The maximum absolute atomic E-state index is 5.83. The summed E-state index contributed by atoms with van der Waals surface area (Å²) in [4.78, 5) is 5.34. The Bertz CT molecular complexity index is 412. The summed E-state index contributed by atoms with van der Waals surface area (Å²) in [7, 11) is 0. The highest BCUT2D eigenvalue weighted by molar-refractivity contribution is 5.07. The van der Waals surface area contributed by atoms with Crippen molar-refractivity contribution in [3.63, 3.8) is 0 Å². The van der Waals surface area contributed by atoms with Crippen LogP contribution in [-0.2, 0) is 0 Å². The Morgan fingerprint density at radius 1 is 1.23 bits per heavy atom. The molecule has 0 radical (unpaired) electrons. The Hall–Kier alpha value is -0.840. The molecule has 2 atom stereocenters. The number of rotatable bonds is 5. The molecular formula is C18H31N3O. The van der Waals surface area contributed by atoms with Gasteiger partial charge in [0.15, 0.2) is 0 Å². The lowest BCUT2D eigenvalue weighted by Gasteiger charge is -2.42. The number of piperazine rings is 1. The Balaban J connectivity index is 1.74. The maximum atomic E-state index is 5.83. The van der Waals surface area contributed by atoms with Crippen molar-refractivity contribution in [1.82, 2.24) is 15.1 Å². The molecule has 0 spiro atoms. The molecule has 2 aliphatic heterocycles. The van der Waals surface area contributed by atoms with Gasteiger partial charge in [0.05, 0.1) is 12.3 Å². The van der Waals surface area contributed by atoms with Crippen molar-refractivity contribution in [2.45, 2.75) is 51.1 Å². The first-order valence-electron chi connectivity index (χ1n) is 9.10. The summed E-state index contributed by atoms with van der Waals surface area (Å²) in [5.74, 6) is 1.14. The quantitative estimate of drug-likeness (QED) is 0.906. The largest absolute Gasteiger partial charge is 0.468 e. The molecule has 22 heavy (non-hydrogen) atoms. The van der Waals surface area contributed by atoms with Crippen molar-refractivity contribution in [1.29, 1.82) is 0 Å². The third-order valence-corrected chi connectivity index (χ3v) is 5.27. The molecule has 3 heterocycles. The summed E-state index contributed by atoms with van der Waals surface area (Å²) < 4.78 is 5.83. The minimum atomic E-state index is 0.403. The first-order chi connectivity index (χ1) is 10.9. The molecule has 4 nitrogen and oxygen atoms in total. The van der Waals surface area contributed by atoms with Crippen LogP contribution in [0.3, 0.4) is 0 Å². The second-order valence-corrected chi connectivity index (χ2v) is 6.75. The van der Waals surface area contributed by atoms with Crippen molar-refractivity contribution in [2.75, 3.05) is 39.3 Å². The van der Waals surface area contributed by atoms with Crippen LogP contribution in [0.15, 0.2) is 22.8 Å². The van der Waals surface area contributed by atoms with Gasteiger partial charge in [-0.25, -0.2) is 0 Å². The average molecular weight is 305 g/mol. The SMILES string of the molecule is CCC1CNCCN1C(CN1CCCCCC1)c1ccco1. The zero-order valence-corrected chi connectivity index (χ0v) is 14.0. The van der Waals surface area contributed by atoms with Crippen LogP contribution in [-0.4, -0.2) is 55.1 Å². The molecule has 1 aromatic heterocycles. The fourth-order valence-corrected chi connectivity index (χ4v) is 3.97. The van der Waals surface area contributed by atoms with Gasteiger partial charge in [-0.15, -0.1) is 0 Å². The molecule has 0 bridgehead atoms. The second-order valence-electron chi connectivity index (χ2n) is 6.75. The summed E-state index contributed by atoms with van der Waals surface area (Å²) in [6, 6.07) is 5.22. The molecule has 2 fully saturated rings. The zero-order valence-electron chi connectivity index (χ0n) is 14.0. The van der Waals surface area contributed by atoms with Gasteiger partial charge in [-0.2, -0.15) is 0 Å². The Morgan fingerprint density at radius 3 is 2.73 bits per heavy atom. The van der Waals surface area contributed by atoms with Gasteiger partial charge in [0, 0.05) is 32.2 Å².